The van der Waals surface area contributed by atoms with E-state index < -0.39 is 48.1 Å². The summed E-state index contributed by atoms with van der Waals surface area (Å²) in [7, 11) is 0.941. The fourth-order valence-corrected chi connectivity index (χ4v) is 1.22. The average molecular weight is 303 g/mol. The molecule has 1 aromatic heterocycles. The van der Waals surface area contributed by atoms with Gasteiger partial charge in [-0.25, -0.2) is 13.8 Å². The fraction of sp³-hybridized carbons (Fsp3) is 0.400. The van der Waals surface area contributed by atoms with Gasteiger partial charge >= 0.3 is 12.3 Å². The topological polar surface area (TPSA) is 48.4 Å². The molecule has 0 amide bonds. The van der Waals surface area contributed by atoms with Gasteiger partial charge < -0.3 is 9.47 Å². The van der Waals surface area contributed by atoms with Crippen molar-refractivity contribution in [3.63, 3.8) is 0 Å². The minimum absolute atomic E-state index is 0.152. The van der Waals surface area contributed by atoms with Crippen molar-refractivity contribution < 1.29 is 40.6 Å². The molecule has 1 heterocycles. The standard InChI is InChI=1S/C10H7F6NO3/c1-19-7(18)3-5-6(20-10(14,15)16)2-4(8(11)12)9(13)17-5/h2,8H,3H2,1H3. The van der Waals surface area contributed by atoms with Crippen molar-refractivity contribution in [1.82, 2.24) is 4.98 Å². The second-order valence-electron chi connectivity index (χ2n) is 3.41. The van der Waals surface area contributed by atoms with E-state index in [-0.39, 0.29) is 6.07 Å². The molecule has 0 aliphatic heterocycles. The van der Waals surface area contributed by atoms with Gasteiger partial charge in [0.1, 0.15) is 0 Å². The number of methoxy groups -OCH3 is 1. The predicted molar refractivity (Wildman–Crippen MR) is 51.6 cm³/mol. The molecule has 0 spiro atoms. The highest BCUT2D eigenvalue weighted by atomic mass is 19.4. The molecule has 1 aromatic rings. The van der Waals surface area contributed by atoms with Gasteiger partial charge in [-0.05, 0) is 6.07 Å². The number of halogens is 6. The number of aromatic nitrogens is 1. The summed E-state index contributed by atoms with van der Waals surface area (Å²) in [6, 6.07) is 0.152. The molecular weight excluding hydrogens is 296 g/mol. The molecule has 0 radical (unpaired) electrons. The van der Waals surface area contributed by atoms with Crippen LogP contribution >= 0.6 is 0 Å². The summed E-state index contributed by atoms with van der Waals surface area (Å²) < 4.78 is 82.0. The molecule has 0 saturated carbocycles. The summed E-state index contributed by atoms with van der Waals surface area (Å²) in [5.74, 6) is -3.90. The third-order valence-electron chi connectivity index (χ3n) is 2.04. The first-order valence-corrected chi connectivity index (χ1v) is 4.94. The Morgan fingerprint density at radius 3 is 2.45 bits per heavy atom. The normalized spacial score (nSPS) is 11.6. The molecule has 0 atom stereocenters. The van der Waals surface area contributed by atoms with Crippen LogP contribution in [0.1, 0.15) is 17.7 Å². The lowest BCUT2D eigenvalue weighted by molar-refractivity contribution is -0.275. The van der Waals surface area contributed by atoms with Crippen molar-refractivity contribution >= 4 is 5.97 Å². The molecule has 0 unspecified atom stereocenters. The first-order valence-electron chi connectivity index (χ1n) is 4.94. The minimum Gasteiger partial charge on any atom is -0.469 e. The molecule has 0 aliphatic carbocycles. The first-order chi connectivity index (χ1) is 9.14. The van der Waals surface area contributed by atoms with Gasteiger partial charge in [-0.15, -0.1) is 13.2 Å². The SMILES string of the molecule is COC(=O)Cc1nc(F)c(C(F)F)cc1OC(F)(F)F. The van der Waals surface area contributed by atoms with E-state index in [9.17, 15) is 31.1 Å². The van der Waals surface area contributed by atoms with E-state index >= 15 is 0 Å². The van der Waals surface area contributed by atoms with Crippen LogP contribution in [0.15, 0.2) is 6.07 Å². The number of alkyl halides is 5. The summed E-state index contributed by atoms with van der Waals surface area (Å²) in [6.45, 7) is 0. The van der Waals surface area contributed by atoms with Gasteiger partial charge in [0, 0.05) is 0 Å². The average Bonchev–Trinajstić information content (AvgIpc) is 2.30. The van der Waals surface area contributed by atoms with Crippen LogP contribution < -0.4 is 4.74 Å². The van der Waals surface area contributed by atoms with Crippen molar-refractivity contribution in [2.75, 3.05) is 7.11 Å². The zero-order valence-electron chi connectivity index (χ0n) is 9.80. The van der Waals surface area contributed by atoms with Crippen LogP contribution in [-0.4, -0.2) is 24.4 Å². The van der Waals surface area contributed by atoms with Gasteiger partial charge in [-0.3, -0.25) is 4.79 Å². The first kappa shape index (κ1) is 16.1. The van der Waals surface area contributed by atoms with Gasteiger partial charge in [-0.1, -0.05) is 0 Å². The van der Waals surface area contributed by atoms with E-state index in [1.165, 1.54) is 0 Å². The molecule has 0 fully saturated rings. The molecule has 112 valence electrons. The van der Waals surface area contributed by atoms with Crippen molar-refractivity contribution in [2.45, 2.75) is 19.2 Å². The van der Waals surface area contributed by atoms with E-state index in [0.29, 0.717) is 0 Å². The molecule has 20 heavy (non-hydrogen) atoms. The Hall–Kier alpha value is -2.00. The Morgan fingerprint density at radius 2 is 2.00 bits per heavy atom. The molecule has 0 bridgehead atoms. The van der Waals surface area contributed by atoms with Gasteiger partial charge in [0.25, 0.3) is 6.43 Å². The van der Waals surface area contributed by atoms with Crippen LogP contribution in [-0.2, 0) is 16.0 Å². The number of carbonyl (C=O) groups excluding carboxylic acids is 1. The smallest absolute Gasteiger partial charge is 0.469 e. The zero-order chi connectivity index (χ0) is 15.5. The molecule has 0 saturated heterocycles. The monoisotopic (exact) mass is 303 g/mol. The molecule has 1 rings (SSSR count). The van der Waals surface area contributed by atoms with E-state index in [1.807, 2.05) is 0 Å². The lowest BCUT2D eigenvalue weighted by Gasteiger charge is -2.14. The fourth-order valence-electron chi connectivity index (χ4n) is 1.22. The largest absolute Gasteiger partial charge is 0.573 e. The number of ether oxygens (including phenoxy) is 2. The summed E-state index contributed by atoms with van der Waals surface area (Å²) in [5.41, 5.74) is -2.16. The second kappa shape index (κ2) is 5.97. The summed E-state index contributed by atoms with van der Waals surface area (Å²) >= 11 is 0. The number of carbonyl (C=O) groups is 1. The number of rotatable bonds is 4. The number of esters is 1. The second-order valence-corrected chi connectivity index (χ2v) is 3.41. The lowest BCUT2D eigenvalue weighted by Crippen LogP contribution is -2.20. The maximum atomic E-state index is 13.2. The minimum atomic E-state index is -5.20. The van der Waals surface area contributed by atoms with E-state index in [4.69, 9.17) is 0 Å². The number of hydrogen-bond acceptors (Lipinski definition) is 4. The number of hydrogen-bond donors (Lipinski definition) is 0. The van der Waals surface area contributed by atoms with Crippen LogP contribution in [0.5, 0.6) is 5.75 Å². The highest BCUT2D eigenvalue weighted by Gasteiger charge is 2.34. The highest BCUT2D eigenvalue weighted by Crippen LogP contribution is 2.31. The lowest BCUT2D eigenvalue weighted by atomic mass is 10.2. The van der Waals surface area contributed by atoms with E-state index in [0.717, 1.165) is 7.11 Å². The maximum Gasteiger partial charge on any atom is 0.573 e. The van der Waals surface area contributed by atoms with Crippen LogP contribution in [0.4, 0.5) is 26.3 Å². The van der Waals surface area contributed by atoms with Crippen LogP contribution in [0.3, 0.4) is 0 Å². The summed E-state index contributed by atoms with van der Waals surface area (Å²) in [6.07, 6.45) is -9.45. The molecule has 4 nitrogen and oxygen atoms in total. The molecular formula is C10H7F6NO3. The Bertz CT molecular complexity index is 503. The third-order valence-corrected chi connectivity index (χ3v) is 2.04. The molecule has 0 aromatic carbocycles. The number of pyridine rings is 1. The van der Waals surface area contributed by atoms with Crippen molar-refractivity contribution in [3.05, 3.63) is 23.3 Å². The van der Waals surface area contributed by atoms with E-state index in [2.05, 4.69) is 14.5 Å². The molecule has 0 aliphatic rings. The van der Waals surface area contributed by atoms with Crippen LogP contribution in [0.2, 0.25) is 0 Å². The third kappa shape index (κ3) is 4.28. The van der Waals surface area contributed by atoms with Gasteiger partial charge in [0.15, 0.2) is 5.75 Å². The zero-order valence-corrected chi connectivity index (χ0v) is 9.80. The number of nitrogens with zero attached hydrogens (tertiary/aromatic N) is 1. The van der Waals surface area contributed by atoms with Crippen molar-refractivity contribution in [1.29, 1.82) is 0 Å². The van der Waals surface area contributed by atoms with E-state index in [1.54, 1.807) is 0 Å². The van der Waals surface area contributed by atoms with Gasteiger partial charge in [0.2, 0.25) is 5.95 Å². The maximum absolute atomic E-state index is 13.2. The Morgan fingerprint density at radius 1 is 1.40 bits per heavy atom. The van der Waals surface area contributed by atoms with Crippen LogP contribution in [0.25, 0.3) is 0 Å². The summed E-state index contributed by atoms with van der Waals surface area (Å²) in [5, 5.41) is 0. The van der Waals surface area contributed by atoms with Crippen molar-refractivity contribution in [2.24, 2.45) is 0 Å². The quantitative estimate of drug-likeness (QED) is 0.487. The highest BCUT2D eigenvalue weighted by molar-refractivity contribution is 5.72. The van der Waals surface area contributed by atoms with Crippen molar-refractivity contribution in [3.8, 4) is 5.75 Å². The van der Waals surface area contributed by atoms with Gasteiger partial charge in [0.05, 0.1) is 24.8 Å². The molecule has 10 heteroatoms. The molecule has 0 N–H and O–H groups in total. The summed E-state index contributed by atoms with van der Waals surface area (Å²) in [4.78, 5) is 13.9. The van der Waals surface area contributed by atoms with Crippen LogP contribution in [0, 0.1) is 5.95 Å². The Balaban J connectivity index is 3.26. The Kier molecular flexibility index (Phi) is 4.79. The predicted octanol–water partition coefficient (Wildman–Crippen LogP) is 2.77. The van der Waals surface area contributed by atoms with Gasteiger partial charge in [-0.2, -0.15) is 4.39 Å². The Labute approximate surface area is 108 Å².